The van der Waals surface area contributed by atoms with Crippen molar-refractivity contribution in [3.05, 3.63) is 24.3 Å². The molecular formula is C21H32O5S. The van der Waals surface area contributed by atoms with Crippen LogP contribution >= 0.6 is 0 Å². The van der Waals surface area contributed by atoms with Gasteiger partial charge in [-0.05, 0) is 82.1 Å². The summed E-state index contributed by atoms with van der Waals surface area (Å²) >= 11 is 0. The molecule has 0 unspecified atom stereocenters. The van der Waals surface area contributed by atoms with Crippen molar-refractivity contribution in [3.8, 4) is 5.75 Å². The fourth-order valence-corrected chi connectivity index (χ4v) is 4.33. The molecule has 0 aromatic heterocycles. The molecule has 0 N–H and O–H groups in total. The monoisotopic (exact) mass is 396 g/mol. The second-order valence-electron chi connectivity index (χ2n) is 9.50. The zero-order valence-electron chi connectivity index (χ0n) is 17.2. The van der Waals surface area contributed by atoms with Crippen molar-refractivity contribution in [2.75, 3.05) is 0 Å². The molecule has 0 radical (unpaired) electrons. The lowest BCUT2D eigenvalue weighted by Crippen LogP contribution is -2.30. The third kappa shape index (κ3) is 6.04. The van der Waals surface area contributed by atoms with Gasteiger partial charge in [0.05, 0.1) is 16.4 Å². The fraction of sp³-hybridized carbons (Fsp3) is 0.667. The Morgan fingerprint density at radius 2 is 1.44 bits per heavy atom. The fourth-order valence-electron chi connectivity index (χ4n) is 3.19. The van der Waals surface area contributed by atoms with Crippen molar-refractivity contribution in [3.63, 3.8) is 0 Å². The van der Waals surface area contributed by atoms with Gasteiger partial charge in [-0.15, -0.1) is 0 Å². The topological polar surface area (TPSA) is 69.7 Å². The lowest BCUT2D eigenvalue weighted by Gasteiger charge is -2.36. The van der Waals surface area contributed by atoms with Gasteiger partial charge in [0.1, 0.15) is 5.75 Å². The normalized spacial score (nSPS) is 21.7. The highest BCUT2D eigenvalue weighted by Gasteiger charge is 2.32. The van der Waals surface area contributed by atoms with Crippen LogP contribution in [-0.2, 0) is 19.1 Å². The number of esters is 1. The number of hydrogen-bond donors (Lipinski definition) is 0. The molecule has 5 nitrogen and oxygen atoms in total. The average molecular weight is 397 g/mol. The van der Waals surface area contributed by atoms with Gasteiger partial charge >= 0.3 is 5.97 Å². The maximum absolute atomic E-state index is 12.5. The predicted molar refractivity (Wildman–Crippen MR) is 105 cm³/mol. The van der Waals surface area contributed by atoms with E-state index in [0.717, 1.165) is 25.7 Å². The molecule has 2 rings (SSSR count). The quantitative estimate of drug-likeness (QED) is 0.409. The van der Waals surface area contributed by atoms with Crippen molar-refractivity contribution in [2.24, 2.45) is 16.7 Å². The third-order valence-electron chi connectivity index (χ3n) is 5.10. The third-order valence-corrected chi connectivity index (χ3v) is 6.47. The first kappa shape index (κ1) is 21.9. The Kier molecular flexibility index (Phi) is 6.42. The van der Waals surface area contributed by atoms with E-state index in [4.69, 9.17) is 8.92 Å². The molecule has 0 atom stereocenters. The van der Waals surface area contributed by atoms with Crippen LogP contribution in [0.25, 0.3) is 0 Å². The Morgan fingerprint density at radius 3 is 1.89 bits per heavy atom. The second kappa shape index (κ2) is 7.92. The smallest absolute Gasteiger partial charge is 0.316 e. The van der Waals surface area contributed by atoms with Crippen LogP contribution in [0.1, 0.15) is 67.2 Å². The summed E-state index contributed by atoms with van der Waals surface area (Å²) in [6, 6.07) is 5.80. The van der Waals surface area contributed by atoms with Crippen LogP contribution in [0.2, 0.25) is 0 Å². The predicted octanol–water partition coefficient (Wildman–Crippen LogP) is 4.95. The van der Waals surface area contributed by atoms with Gasteiger partial charge < -0.3 is 4.74 Å². The lowest BCUT2D eigenvalue weighted by molar-refractivity contribution is -0.143. The highest BCUT2D eigenvalue weighted by Crippen LogP contribution is 2.39. The van der Waals surface area contributed by atoms with Crippen molar-refractivity contribution in [1.29, 1.82) is 0 Å². The van der Waals surface area contributed by atoms with Crippen molar-refractivity contribution < 1.29 is 22.1 Å². The number of carbonyl (C=O) groups excluding carboxylic acids is 1. The van der Waals surface area contributed by atoms with Crippen LogP contribution in [0, 0.1) is 16.7 Å². The molecule has 152 valence electrons. The van der Waals surface area contributed by atoms with Crippen LogP contribution in [0.5, 0.6) is 5.75 Å². The van der Waals surface area contributed by atoms with E-state index >= 15 is 0 Å². The van der Waals surface area contributed by atoms with Crippen molar-refractivity contribution >= 4 is 16.1 Å². The summed E-state index contributed by atoms with van der Waals surface area (Å²) in [7, 11) is -3.83. The number of carbonyl (C=O) groups is 1. The average Bonchev–Trinajstić information content (AvgIpc) is 2.53. The molecule has 6 heteroatoms. The largest absolute Gasteiger partial charge is 0.426 e. The summed E-state index contributed by atoms with van der Waals surface area (Å²) in [6.45, 7) is 12.0. The summed E-state index contributed by atoms with van der Waals surface area (Å²) in [5.41, 5.74) is -0.385. The van der Waals surface area contributed by atoms with Gasteiger partial charge in [-0.2, -0.15) is 8.42 Å². The first-order chi connectivity index (χ1) is 12.3. The molecular weight excluding hydrogens is 364 g/mol. The van der Waals surface area contributed by atoms with Gasteiger partial charge in [0.25, 0.3) is 10.1 Å². The van der Waals surface area contributed by atoms with Crippen LogP contribution < -0.4 is 4.74 Å². The molecule has 1 aliphatic rings. The van der Waals surface area contributed by atoms with Gasteiger partial charge in [0.2, 0.25) is 0 Å². The Morgan fingerprint density at radius 1 is 0.926 bits per heavy atom. The van der Waals surface area contributed by atoms with E-state index in [0.29, 0.717) is 11.7 Å². The number of ether oxygens (including phenoxy) is 1. The first-order valence-corrected chi connectivity index (χ1v) is 11.0. The van der Waals surface area contributed by atoms with Crippen LogP contribution in [0.3, 0.4) is 0 Å². The summed E-state index contributed by atoms with van der Waals surface area (Å²) in [5, 5.41) is 0. The zero-order valence-corrected chi connectivity index (χ0v) is 18.1. The minimum atomic E-state index is -3.83. The Bertz CT molecular complexity index is 743. The first-order valence-electron chi connectivity index (χ1n) is 9.55. The van der Waals surface area contributed by atoms with E-state index in [2.05, 4.69) is 20.8 Å². The second-order valence-corrected chi connectivity index (χ2v) is 11.1. The SMILES string of the molecule is CC(C)(C)C(=O)Oc1ccc(S(=O)(=O)OC2CCC(C(C)(C)C)CC2)cc1. The molecule has 0 aliphatic heterocycles. The molecule has 0 saturated heterocycles. The molecule has 0 spiro atoms. The van der Waals surface area contributed by atoms with Crippen molar-refractivity contribution in [2.45, 2.75) is 78.2 Å². The van der Waals surface area contributed by atoms with E-state index < -0.39 is 15.5 Å². The summed E-state index contributed by atoms with van der Waals surface area (Å²) in [4.78, 5) is 12.0. The highest BCUT2D eigenvalue weighted by molar-refractivity contribution is 7.86. The molecule has 0 amide bonds. The van der Waals surface area contributed by atoms with Gasteiger partial charge in [0.15, 0.2) is 0 Å². The summed E-state index contributed by atoms with van der Waals surface area (Å²) in [6.07, 6.45) is 3.19. The molecule has 1 aromatic carbocycles. The lowest BCUT2D eigenvalue weighted by atomic mass is 9.72. The molecule has 1 saturated carbocycles. The number of hydrogen-bond acceptors (Lipinski definition) is 5. The molecule has 1 aliphatic carbocycles. The Hall–Kier alpha value is -1.40. The number of rotatable bonds is 4. The van der Waals surface area contributed by atoms with Gasteiger partial charge in [-0.1, -0.05) is 20.8 Å². The molecule has 27 heavy (non-hydrogen) atoms. The minimum Gasteiger partial charge on any atom is -0.426 e. The Balaban J connectivity index is 1.98. The van der Waals surface area contributed by atoms with Gasteiger partial charge in [-0.3, -0.25) is 8.98 Å². The standard InChI is InChI=1S/C21H32O5S/c1-20(2,3)15-7-9-17(10-8-15)26-27(23,24)18-13-11-16(12-14-18)25-19(22)21(4,5)6/h11-15,17H,7-10H2,1-6H3. The van der Waals surface area contributed by atoms with Gasteiger partial charge in [-0.25, -0.2) is 0 Å². The molecule has 0 heterocycles. The van der Waals surface area contributed by atoms with Crippen LogP contribution in [-0.4, -0.2) is 20.5 Å². The molecule has 1 fully saturated rings. The van der Waals surface area contributed by atoms with E-state index in [1.165, 1.54) is 24.3 Å². The van der Waals surface area contributed by atoms with Crippen LogP contribution in [0.15, 0.2) is 29.2 Å². The highest BCUT2D eigenvalue weighted by atomic mass is 32.2. The van der Waals surface area contributed by atoms with Crippen LogP contribution in [0.4, 0.5) is 0 Å². The minimum absolute atomic E-state index is 0.0796. The Labute approximate surface area is 163 Å². The van der Waals surface area contributed by atoms with E-state index in [1.54, 1.807) is 20.8 Å². The maximum Gasteiger partial charge on any atom is 0.316 e. The summed E-state index contributed by atoms with van der Waals surface area (Å²) < 4.78 is 35.8. The van der Waals surface area contributed by atoms with E-state index in [1.807, 2.05) is 0 Å². The molecule has 1 aromatic rings. The van der Waals surface area contributed by atoms with E-state index in [9.17, 15) is 13.2 Å². The maximum atomic E-state index is 12.5. The van der Waals surface area contributed by atoms with Crippen molar-refractivity contribution in [1.82, 2.24) is 0 Å². The van der Waals surface area contributed by atoms with Gasteiger partial charge in [0, 0.05) is 0 Å². The number of benzene rings is 1. The zero-order chi connectivity index (χ0) is 20.5. The summed E-state index contributed by atoms with van der Waals surface area (Å²) in [5.74, 6) is 0.543. The molecule has 0 bridgehead atoms. The van der Waals surface area contributed by atoms with E-state index in [-0.39, 0.29) is 22.4 Å².